The second-order valence-electron chi connectivity index (χ2n) is 5.01. The average molecular weight is 295 g/mol. The first kappa shape index (κ1) is 15.2. The van der Waals surface area contributed by atoms with Gasteiger partial charge in [0.25, 0.3) is 5.91 Å². The molecule has 1 aromatic rings. The molecule has 0 aromatic heterocycles. The Morgan fingerprint density at radius 3 is 2.52 bits per heavy atom. The fraction of sp³-hybridized carbons (Fsp3) is 0.429. The van der Waals surface area contributed by atoms with Crippen molar-refractivity contribution < 1.29 is 19.1 Å². The number of carbonyl (C=O) groups is 2. The number of hydrogen-bond acceptors (Lipinski definition) is 4. The summed E-state index contributed by atoms with van der Waals surface area (Å²) in [5, 5.41) is 8.65. The first-order valence-corrected chi connectivity index (χ1v) is 6.76. The van der Waals surface area contributed by atoms with E-state index in [-0.39, 0.29) is 23.6 Å². The summed E-state index contributed by atoms with van der Waals surface area (Å²) >= 11 is 0. The molecule has 1 heterocycles. The highest BCUT2D eigenvalue weighted by molar-refractivity contribution is 5.99. The number of carbonyl (C=O) groups excluding carboxylic acids is 1. The van der Waals surface area contributed by atoms with Gasteiger partial charge in [0.15, 0.2) is 0 Å². The average Bonchev–Trinajstić information content (AvgIpc) is 2.47. The molecule has 0 spiro atoms. The molecular formula is C14H18FN3O3. The van der Waals surface area contributed by atoms with Gasteiger partial charge >= 0.3 is 5.97 Å². The molecule has 7 heteroatoms. The van der Waals surface area contributed by atoms with Gasteiger partial charge in [-0.2, -0.15) is 0 Å². The van der Waals surface area contributed by atoms with Crippen molar-refractivity contribution in [3.05, 3.63) is 29.6 Å². The van der Waals surface area contributed by atoms with E-state index in [1.165, 1.54) is 12.1 Å². The van der Waals surface area contributed by atoms with Crippen LogP contribution in [0.4, 0.5) is 10.1 Å². The maximum Gasteiger partial charge on any atom is 0.304 e. The van der Waals surface area contributed by atoms with Crippen LogP contribution in [0, 0.1) is 5.82 Å². The third kappa shape index (κ3) is 3.91. The second kappa shape index (κ2) is 6.53. The molecule has 21 heavy (non-hydrogen) atoms. The number of benzene rings is 1. The van der Waals surface area contributed by atoms with E-state index in [1.54, 1.807) is 4.90 Å². The SMILES string of the molecule is Nc1ccc(F)cc1C(=O)N1CCN(CCC(=O)O)CC1. The molecule has 0 saturated carbocycles. The van der Waals surface area contributed by atoms with Crippen molar-refractivity contribution in [2.24, 2.45) is 0 Å². The van der Waals surface area contributed by atoms with E-state index >= 15 is 0 Å². The fourth-order valence-corrected chi connectivity index (χ4v) is 2.31. The quantitative estimate of drug-likeness (QED) is 0.796. The predicted octanol–water partition coefficient (Wildman–Crippen LogP) is 0.640. The van der Waals surface area contributed by atoms with Crippen LogP contribution >= 0.6 is 0 Å². The Bertz CT molecular complexity index is 542. The molecule has 1 aromatic carbocycles. The third-order valence-electron chi connectivity index (χ3n) is 3.55. The number of carboxylic acid groups (broad SMARTS) is 1. The molecule has 3 N–H and O–H groups in total. The fourth-order valence-electron chi connectivity index (χ4n) is 2.31. The molecule has 2 rings (SSSR count). The van der Waals surface area contributed by atoms with Crippen molar-refractivity contribution >= 4 is 17.6 Å². The van der Waals surface area contributed by atoms with Crippen molar-refractivity contribution in [3.63, 3.8) is 0 Å². The van der Waals surface area contributed by atoms with Crippen LogP contribution in [0.3, 0.4) is 0 Å². The highest BCUT2D eigenvalue weighted by Crippen LogP contribution is 2.17. The number of amides is 1. The van der Waals surface area contributed by atoms with Gasteiger partial charge in [0, 0.05) is 38.4 Å². The third-order valence-corrected chi connectivity index (χ3v) is 3.55. The molecular weight excluding hydrogens is 277 g/mol. The van der Waals surface area contributed by atoms with Gasteiger partial charge in [0.05, 0.1) is 12.0 Å². The smallest absolute Gasteiger partial charge is 0.304 e. The molecule has 0 radical (unpaired) electrons. The molecule has 0 unspecified atom stereocenters. The molecule has 114 valence electrons. The predicted molar refractivity (Wildman–Crippen MR) is 75.4 cm³/mol. The summed E-state index contributed by atoms with van der Waals surface area (Å²) in [6, 6.07) is 3.75. The Morgan fingerprint density at radius 1 is 1.24 bits per heavy atom. The van der Waals surface area contributed by atoms with Crippen molar-refractivity contribution in [1.82, 2.24) is 9.80 Å². The number of nitrogen functional groups attached to an aromatic ring is 1. The van der Waals surface area contributed by atoms with Crippen molar-refractivity contribution in [2.75, 3.05) is 38.5 Å². The highest BCUT2D eigenvalue weighted by atomic mass is 19.1. The minimum atomic E-state index is -0.832. The van der Waals surface area contributed by atoms with Gasteiger partial charge < -0.3 is 15.7 Å². The number of aliphatic carboxylic acids is 1. The molecule has 1 saturated heterocycles. The lowest BCUT2D eigenvalue weighted by molar-refractivity contribution is -0.137. The number of halogens is 1. The zero-order valence-corrected chi connectivity index (χ0v) is 11.6. The van der Waals surface area contributed by atoms with Crippen molar-refractivity contribution in [2.45, 2.75) is 6.42 Å². The van der Waals surface area contributed by atoms with Gasteiger partial charge in [-0.1, -0.05) is 0 Å². The molecule has 0 bridgehead atoms. The monoisotopic (exact) mass is 295 g/mol. The van der Waals surface area contributed by atoms with Gasteiger partial charge in [-0.3, -0.25) is 14.5 Å². The minimum Gasteiger partial charge on any atom is -0.481 e. The van der Waals surface area contributed by atoms with Crippen LogP contribution in [-0.2, 0) is 4.79 Å². The Labute approximate surface area is 121 Å². The summed E-state index contributed by atoms with van der Waals surface area (Å²) in [5.74, 6) is -1.61. The first-order chi connectivity index (χ1) is 9.97. The highest BCUT2D eigenvalue weighted by Gasteiger charge is 2.23. The van der Waals surface area contributed by atoms with Crippen LogP contribution < -0.4 is 5.73 Å². The largest absolute Gasteiger partial charge is 0.481 e. The van der Waals surface area contributed by atoms with Crippen LogP contribution in [0.5, 0.6) is 0 Å². The number of nitrogens with zero attached hydrogens (tertiary/aromatic N) is 2. The summed E-state index contributed by atoms with van der Waals surface area (Å²) in [7, 11) is 0. The van der Waals surface area contributed by atoms with E-state index in [0.717, 1.165) is 6.07 Å². The number of anilines is 1. The van der Waals surface area contributed by atoms with Crippen LogP contribution in [0.25, 0.3) is 0 Å². The van der Waals surface area contributed by atoms with Crippen LogP contribution in [-0.4, -0.2) is 59.5 Å². The number of hydrogen-bond donors (Lipinski definition) is 2. The van der Waals surface area contributed by atoms with Crippen LogP contribution in [0.1, 0.15) is 16.8 Å². The topological polar surface area (TPSA) is 86.9 Å². The minimum absolute atomic E-state index is 0.0881. The van der Waals surface area contributed by atoms with Gasteiger partial charge in [0.1, 0.15) is 5.82 Å². The number of rotatable bonds is 4. The van der Waals surface area contributed by atoms with E-state index in [4.69, 9.17) is 10.8 Å². The van der Waals surface area contributed by atoms with Crippen LogP contribution in [0.15, 0.2) is 18.2 Å². The summed E-state index contributed by atoms with van der Waals surface area (Å²) in [6.07, 6.45) is 0.0881. The lowest BCUT2D eigenvalue weighted by Crippen LogP contribution is -2.49. The van der Waals surface area contributed by atoms with E-state index in [2.05, 4.69) is 0 Å². The Balaban J connectivity index is 1.94. The first-order valence-electron chi connectivity index (χ1n) is 6.76. The normalized spacial score (nSPS) is 16.0. The van der Waals surface area contributed by atoms with E-state index in [0.29, 0.717) is 32.7 Å². The molecule has 1 amide bonds. The summed E-state index contributed by atoms with van der Waals surface area (Å²) in [5.41, 5.74) is 6.15. The molecule has 6 nitrogen and oxygen atoms in total. The lowest BCUT2D eigenvalue weighted by atomic mass is 10.1. The Kier molecular flexibility index (Phi) is 4.74. The van der Waals surface area contributed by atoms with E-state index < -0.39 is 11.8 Å². The summed E-state index contributed by atoms with van der Waals surface area (Å²) < 4.78 is 13.2. The molecule has 1 fully saturated rings. The molecule has 1 aliphatic rings. The zero-order valence-electron chi connectivity index (χ0n) is 11.6. The molecule has 0 aliphatic carbocycles. The maximum absolute atomic E-state index is 13.2. The molecule has 0 atom stereocenters. The van der Waals surface area contributed by atoms with Crippen LogP contribution in [0.2, 0.25) is 0 Å². The Hall–Kier alpha value is -2.15. The van der Waals surface area contributed by atoms with Gasteiger partial charge in [-0.25, -0.2) is 4.39 Å². The summed E-state index contributed by atoms with van der Waals surface area (Å²) in [4.78, 5) is 26.4. The number of carboxylic acids is 1. The van der Waals surface area contributed by atoms with E-state index in [1.807, 2.05) is 4.90 Å². The molecule has 1 aliphatic heterocycles. The second-order valence-corrected chi connectivity index (χ2v) is 5.01. The lowest BCUT2D eigenvalue weighted by Gasteiger charge is -2.34. The van der Waals surface area contributed by atoms with E-state index in [9.17, 15) is 14.0 Å². The van der Waals surface area contributed by atoms with Gasteiger partial charge in [0.2, 0.25) is 0 Å². The van der Waals surface area contributed by atoms with Crippen molar-refractivity contribution in [3.8, 4) is 0 Å². The number of nitrogens with two attached hydrogens (primary N) is 1. The zero-order chi connectivity index (χ0) is 15.4. The maximum atomic E-state index is 13.2. The Morgan fingerprint density at radius 2 is 1.90 bits per heavy atom. The van der Waals surface area contributed by atoms with Crippen molar-refractivity contribution in [1.29, 1.82) is 0 Å². The number of piperazine rings is 1. The van der Waals surface area contributed by atoms with Gasteiger partial charge in [-0.15, -0.1) is 0 Å². The van der Waals surface area contributed by atoms with Gasteiger partial charge in [-0.05, 0) is 18.2 Å². The standard InChI is InChI=1S/C14H18FN3O3/c15-10-1-2-12(16)11(9-10)14(21)18-7-5-17(6-8-18)4-3-13(19)20/h1-2,9H,3-8,16H2,(H,19,20). The summed E-state index contributed by atoms with van der Waals surface area (Å²) in [6.45, 7) is 2.64.